The van der Waals surface area contributed by atoms with Crippen LogP contribution in [-0.2, 0) is 7.05 Å². The molecule has 0 aliphatic rings. The molecular weight excluding hydrogens is 526 g/mol. The standard InChI is InChI=1S/C39H34N3O/c1-24(2)33-20-29(27-11-13-28(14-12-27)35-22-40-18-19-41-35)15-17-30(33)34-21-36(42(5)23-26(34)4)38-25(3)10-16-32-31-8-6-7-9-37(31)43-39(32)38/h6-24H,1-5H3/q+1/i4D3,24D. The minimum absolute atomic E-state index is 0.227. The minimum atomic E-state index is -2.38. The molecule has 0 atom stereocenters. The molecule has 210 valence electrons. The van der Waals surface area contributed by atoms with Crippen LogP contribution in [-0.4, -0.2) is 9.97 Å². The van der Waals surface area contributed by atoms with Crippen LogP contribution in [0.5, 0.6) is 0 Å². The second-order valence-electron chi connectivity index (χ2n) is 11.3. The van der Waals surface area contributed by atoms with Gasteiger partial charge in [0.05, 0.1) is 17.5 Å². The van der Waals surface area contributed by atoms with Crippen molar-refractivity contribution in [2.24, 2.45) is 7.05 Å². The van der Waals surface area contributed by atoms with E-state index in [1.165, 1.54) is 0 Å². The molecule has 4 heteroatoms. The molecule has 0 unspecified atom stereocenters. The highest BCUT2D eigenvalue weighted by Gasteiger charge is 2.23. The van der Waals surface area contributed by atoms with E-state index in [-0.39, 0.29) is 5.56 Å². The van der Waals surface area contributed by atoms with Gasteiger partial charge in [0.1, 0.15) is 18.2 Å². The Morgan fingerprint density at radius 1 is 0.814 bits per heavy atom. The minimum Gasteiger partial charge on any atom is -0.455 e. The lowest BCUT2D eigenvalue weighted by Gasteiger charge is -2.17. The molecule has 0 aliphatic carbocycles. The molecule has 4 nitrogen and oxygen atoms in total. The van der Waals surface area contributed by atoms with E-state index in [0.29, 0.717) is 11.1 Å². The summed E-state index contributed by atoms with van der Waals surface area (Å²) in [7, 11) is 1.87. The van der Waals surface area contributed by atoms with Crippen molar-refractivity contribution in [2.45, 2.75) is 33.5 Å². The van der Waals surface area contributed by atoms with Gasteiger partial charge < -0.3 is 4.42 Å². The predicted octanol–water partition coefficient (Wildman–Crippen LogP) is 9.61. The largest absolute Gasteiger partial charge is 0.455 e. The summed E-state index contributed by atoms with van der Waals surface area (Å²) in [5.41, 5.74) is 10.2. The number of hydrogen-bond donors (Lipinski definition) is 0. The summed E-state index contributed by atoms with van der Waals surface area (Å²) in [4.78, 5) is 8.57. The fraction of sp³-hybridized carbons (Fsp3) is 0.154. The number of aryl methyl sites for hydroxylation is 3. The van der Waals surface area contributed by atoms with Gasteiger partial charge in [0, 0.05) is 45.8 Å². The Bertz CT molecular complexity index is 2280. The first-order chi connectivity index (χ1) is 22.4. The van der Waals surface area contributed by atoms with Crippen molar-refractivity contribution in [1.29, 1.82) is 0 Å². The molecular formula is C39H34N3O+. The van der Waals surface area contributed by atoms with Gasteiger partial charge in [-0.2, -0.15) is 0 Å². The van der Waals surface area contributed by atoms with Crippen LogP contribution in [0.1, 0.15) is 41.9 Å². The van der Waals surface area contributed by atoms with E-state index >= 15 is 0 Å². The van der Waals surface area contributed by atoms with Gasteiger partial charge in [0.15, 0.2) is 6.20 Å². The molecule has 43 heavy (non-hydrogen) atoms. The van der Waals surface area contributed by atoms with E-state index in [1.54, 1.807) is 24.8 Å². The van der Waals surface area contributed by atoms with Gasteiger partial charge in [-0.25, -0.2) is 4.57 Å². The average Bonchev–Trinajstić information content (AvgIpc) is 3.43. The summed E-state index contributed by atoms with van der Waals surface area (Å²) >= 11 is 0. The molecule has 0 bridgehead atoms. The smallest absolute Gasteiger partial charge is 0.216 e. The summed E-state index contributed by atoms with van der Waals surface area (Å²) in [6, 6.07) is 28.2. The van der Waals surface area contributed by atoms with Crippen molar-refractivity contribution < 1.29 is 14.5 Å². The maximum atomic E-state index is 9.18. The number of rotatable bonds is 5. The van der Waals surface area contributed by atoms with Gasteiger partial charge >= 0.3 is 0 Å². The number of nitrogens with zero attached hydrogens (tertiary/aromatic N) is 3. The van der Waals surface area contributed by atoms with Crippen molar-refractivity contribution in [3.63, 3.8) is 0 Å². The number of para-hydroxylation sites is 1. The van der Waals surface area contributed by atoms with Gasteiger partial charge in [-0.15, -0.1) is 0 Å². The zero-order valence-electron chi connectivity index (χ0n) is 28.6. The Morgan fingerprint density at radius 3 is 2.37 bits per heavy atom. The lowest BCUT2D eigenvalue weighted by Crippen LogP contribution is -2.31. The summed E-state index contributed by atoms with van der Waals surface area (Å²) in [5.74, 6) is -1.02. The monoisotopic (exact) mass is 564 g/mol. The van der Waals surface area contributed by atoms with Crippen LogP contribution in [0.3, 0.4) is 0 Å². The van der Waals surface area contributed by atoms with Gasteiger partial charge in [-0.3, -0.25) is 9.97 Å². The van der Waals surface area contributed by atoms with E-state index in [0.717, 1.165) is 66.7 Å². The number of aromatic nitrogens is 3. The molecule has 0 aliphatic heterocycles. The molecule has 0 amide bonds. The van der Waals surface area contributed by atoms with E-state index in [9.17, 15) is 1.37 Å². The SMILES string of the molecule is [2H]C([2H])([2H])c1c[n+](C)c(-c2c(C)ccc3c2oc2ccccc23)cc1-c1ccc(-c2ccc(-c3cnccn3)cc2)cc1C([2H])(C)C. The Morgan fingerprint density at radius 2 is 1.60 bits per heavy atom. The molecule has 0 saturated heterocycles. The Hall–Kier alpha value is -5.09. The highest BCUT2D eigenvalue weighted by Crippen LogP contribution is 2.40. The van der Waals surface area contributed by atoms with E-state index < -0.39 is 12.7 Å². The van der Waals surface area contributed by atoms with E-state index in [1.807, 2.05) is 99.1 Å². The van der Waals surface area contributed by atoms with E-state index in [2.05, 4.69) is 28.2 Å². The fourth-order valence-corrected chi connectivity index (χ4v) is 5.98. The predicted molar refractivity (Wildman–Crippen MR) is 176 cm³/mol. The van der Waals surface area contributed by atoms with Crippen molar-refractivity contribution in [1.82, 2.24) is 9.97 Å². The lowest BCUT2D eigenvalue weighted by molar-refractivity contribution is -0.660. The van der Waals surface area contributed by atoms with Crippen molar-refractivity contribution in [3.05, 3.63) is 126 Å². The quantitative estimate of drug-likeness (QED) is 0.196. The summed E-state index contributed by atoms with van der Waals surface area (Å²) in [6.45, 7) is 3.34. The van der Waals surface area contributed by atoms with Gasteiger partial charge in [-0.1, -0.05) is 86.6 Å². The number of pyridine rings is 1. The maximum Gasteiger partial charge on any atom is 0.216 e. The lowest BCUT2D eigenvalue weighted by atomic mass is 9.87. The summed E-state index contributed by atoms with van der Waals surface area (Å²) in [5, 5.41) is 2.04. The molecule has 3 aromatic heterocycles. The first-order valence-corrected chi connectivity index (χ1v) is 14.4. The molecule has 7 aromatic rings. The second-order valence-corrected chi connectivity index (χ2v) is 11.3. The van der Waals surface area contributed by atoms with Crippen LogP contribution in [0.4, 0.5) is 0 Å². The first kappa shape index (κ1) is 22.5. The molecule has 0 fully saturated rings. The van der Waals surface area contributed by atoms with Crippen LogP contribution in [0.2, 0.25) is 0 Å². The fourth-order valence-electron chi connectivity index (χ4n) is 5.98. The summed E-state index contributed by atoms with van der Waals surface area (Å²) < 4.78 is 43.1. The van der Waals surface area contributed by atoms with Gasteiger partial charge in [-0.05, 0) is 59.1 Å². The van der Waals surface area contributed by atoms with Gasteiger partial charge in [0.25, 0.3) is 0 Å². The third-order valence-corrected chi connectivity index (χ3v) is 8.21. The number of hydrogen-bond acceptors (Lipinski definition) is 3. The Labute approximate surface area is 257 Å². The molecule has 3 heterocycles. The van der Waals surface area contributed by atoms with Crippen LogP contribution < -0.4 is 4.57 Å². The molecule has 0 saturated carbocycles. The van der Waals surface area contributed by atoms with Crippen LogP contribution in [0, 0.1) is 13.8 Å². The third kappa shape index (κ3) is 4.69. The topological polar surface area (TPSA) is 42.8 Å². The zero-order valence-corrected chi connectivity index (χ0v) is 24.6. The van der Waals surface area contributed by atoms with Gasteiger partial charge in [0.2, 0.25) is 5.69 Å². The van der Waals surface area contributed by atoms with E-state index in [4.69, 9.17) is 8.53 Å². The second kappa shape index (κ2) is 10.6. The molecule has 7 rings (SSSR count). The number of furan rings is 1. The zero-order chi connectivity index (χ0) is 33.1. The normalized spacial score (nSPS) is 13.5. The highest BCUT2D eigenvalue weighted by atomic mass is 16.3. The van der Waals surface area contributed by atoms with Crippen molar-refractivity contribution >= 4 is 21.9 Å². The molecule has 0 N–H and O–H groups in total. The van der Waals surface area contributed by atoms with Crippen LogP contribution in [0.25, 0.3) is 66.7 Å². The molecule has 0 spiro atoms. The Kier molecular flexibility index (Phi) is 5.56. The molecule has 0 radical (unpaired) electrons. The number of benzene rings is 4. The molecule has 4 aromatic carbocycles. The van der Waals surface area contributed by atoms with Crippen LogP contribution >= 0.6 is 0 Å². The third-order valence-electron chi connectivity index (χ3n) is 8.21. The first-order valence-electron chi connectivity index (χ1n) is 16.4. The Balaban J connectivity index is 1.43. The van der Waals surface area contributed by atoms with Crippen LogP contribution in [0.15, 0.2) is 114 Å². The average molecular weight is 565 g/mol. The highest BCUT2D eigenvalue weighted by molar-refractivity contribution is 6.09. The van der Waals surface area contributed by atoms with Crippen molar-refractivity contribution in [3.8, 4) is 44.8 Å². The number of fused-ring (bicyclic) bond motifs is 3. The van der Waals surface area contributed by atoms with Crippen molar-refractivity contribution in [2.75, 3.05) is 0 Å². The summed E-state index contributed by atoms with van der Waals surface area (Å²) in [6.07, 6.45) is 6.76. The maximum absolute atomic E-state index is 9.18.